The van der Waals surface area contributed by atoms with Crippen molar-refractivity contribution < 1.29 is 17.9 Å². The summed E-state index contributed by atoms with van der Waals surface area (Å²) in [4.78, 5) is 14.8. The molecule has 0 unspecified atom stereocenters. The van der Waals surface area contributed by atoms with E-state index in [-0.39, 0.29) is 21.7 Å². The Morgan fingerprint density at radius 1 is 1.19 bits per heavy atom. The third-order valence-electron chi connectivity index (χ3n) is 4.58. The molecule has 0 fully saturated rings. The summed E-state index contributed by atoms with van der Waals surface area (Å²) in [5.41, 5.74) is 0.856. The number of nitriles is 1. The van der Waals surface area contributed by atoms with Gasteiger partial charge in [0.05, 0.1) is 22.0 Å². The first kappa shape index (κ1) is 22.6. The van der Waals surface area contributed by atoms with Crippen LogP contribution in [-0.4, -0.2) is 44.3 Å². The number of benzene rings is 2. The van der Waals surface area contributed by atoms with Crippen LogP contribution in [0.3, 0.4) is 0 Å². The number of ether oxygens (including phenoxy) is 1. The SMILES string of the molecule is COc1cc2c(cc1Br)cc(C(=O)C(C#N)=CN(C)C)n2S(=O)(=O)c1ccc(C)cc1. The van der Waals surface area contributed by atoms with Crippen LogP contribution >= 0.6 is 15.9 Å². The van der Waals surface area contributed by atoms with E-state index in [0.29, 0.717) is 15.6 Å². The van der Waals surface area contributed by atoms with Crippen LogP contribution in [0.2, 0.25) is 0 Å². The average Bonchev–Trinajstić information content (AvgIpc) is 3.09. The van der Waals surface area contributed by atoms with Gasteiger partial charge in [-0.15, -0.1) is 0 Å². The third-order valence-corrected chi connectivity index (χ3v) is 6.94. The van der Waals surface area contributed by atoms with Crippen LogP contribution in [0.25, 0.3) is 10.9 Å². The first-order valence-corrected chi connectivity index (χ1v) is 11.4. The van der Waals surface area contributed by atoms with Gasteiger partial charge >= 0.3 is 0 Å². The number of aromatic nitrogens is 1. The first-order chi connectivity index (χ1) is 14.6. The molecule has 0 saturated carbocycles. The molecular formula is C22H20BrN3O4S. The van der Waals surface area contributed by atoms with Crippen LogP contribution in [0.5, 0.6) is 5.75 Å². The predicted octanol–water partition coefficient (Wildman–Crippen LogP) is 4.11. The molecule has 0 radical (unpaired) electrons. The van der Waals surface area contributed by atoms with E-state index < -0.39 is 15.8 Å². The van der Waals surface area contributed by atoms with Crippen molar-refractivity contribution in [2.24, 2.45) is 0 Å². The molecule has 31 heavy (non-hydrogen) atoms. The van der Waals surface area contributed by atoms with Gasteiger partial charge in [0.15, 0.2) is 0 Å². The highest BCUT2D eigenvalue weighted by atomic mass is 79.9. The average molecular weight is 502 g/mol. The van der Waals surface area contributed by atoms with Gasteiger partial charge in [-0.1, -0.05) is 17.7 Å². The van der Waals surface area contributed by atoms with Gasteiger partial charge in [-0.05, 0) is 47.1 Å². The number of methoxy groups -OCH3 is 1. The highest BCUT2D eigenvalue weighted by molar-refractivity contribution is 9.10. The number of halogens is 1. The van der Waals surface area contributed by atoms with Crippen molar-refractivity contribution in [3.05, 3.63) is 70.0 Å². The van der Waals surface area contributed by atoms with E-state index >= 15 is 0 Å². The van der Waals surface area contributed by atoms with E-state index in [9.17, 15) is 18.5 Å². The number of nitrogens with zero attached hydrogens (tertiary/aromatic N) is 3. The zero-order chi connectivity index (χ0) is 22.9. The molecule has 1 aromatic heterocycles. The molecular weight excluding hydrogens is 482 g/mol. The quantitative estimate of drug-likeness (QED) is 0.286. The van der Waals surface area contributed by atoms with Crippen LogP contribution in [-0.2, 0) is 10.0 Å². The lowest BCUT2D eigenvalue weighted by Gasteiger charge is -2.13. The van der Waals surface area contributed by atoms with E-state index in [1.807, 2.05) is 13.0 Å². The zero-order valence-electron chi connectivity index (χ0n) is 17.4. The number of carbonyl (C=O) groups is 1. The van der Waals surface area contributed by atoms with Crippen LogP contribution in [0.4, 0.5) is 0 Å². The van der Waals surface area contributed by atoms with Gasteiger partial charge in [0.25, 0.3) is 10.0 Å². The Morgan fingerprint density at radius 2 is 1.84 bits per heavy atom. The van der Waals surface area contributed by atoms with Crippen molar-refractivity contribution in [1.82, 2.24) is 8.87 Å². The van der Waals surface area contributed by atoms with Gasteiger partial charge in [-0.2, -0.15) is 5.26 Å². The van der Waals surface area contributed by atoms with Gasteiger partial charge in [-0.3, -0.25) is 4.79 Å². The van der Waals surface area contributed by atoms with Crippen molar-refractivity contribution in [3.8, 4) is 11.8 Å². The molecule has 9 heteroatoms. The lowest BCUT2D eigenvalue weighted by molar-refractivity contribution is 0.103. The van der Waals surface area contributed by atoms with Gasteiger partial charge in [0.2, 0.25) is 5.78 Å². The molecule has 0 N–H and O–H groups in total. The maximum absolute atomic E-state index is 13.6. The highest BCUT2D eigenvalue weighted by Gasteiger charge is 2.29. The number of allylic oxidation sites excluding steroid dienone is 1. The molecule has 0 saturated heterocycles. The smallest absolute Gasteiger partial charge is 0.268 e. The Hall–Kier alpha value is -3.09. The molecule has 0 aliphatic carbocycles. The normalized spacial score (nSPS) is 11.9. The van der Waals surface area contributed by atoms with E-state index in [1.165, 1.54) is 31.5 Å². The number of hydrogen-bond donors (Lipinski definition) is 0. The summed E-state index contributed by atoms with van der Waals surface area (Å²) < 4.78 is 34.1. The fourth-order valence-electron chi connectivity index (χ4n) is 3.11. The second kappa shape index (κ2) is 8.57. The topological polar surface area (TPSA) is 92.4 Å². The first-order valence-electron chi connectivity index (χ1n) is 9.14. The van der Waals surface area contributed by atoms with E-state index in [0.717, 1.165) is 9.54 Å². The second-order valence-electron chi connectivity index (χ2n) is 7.10. The number of aryl methyl sites for hydroxylation is 1. The van der Waals surface area contributed by atoms with Crippen LogP contribution in [0.15, 0.2) is 63.6 Å². The summed E-state index contributed by atoms with van der Waals surface area (Å²) in [6, 6.07) is 12.9. The molecule has 0 aliphatic rings. The van der Waals surface area contributed by atoms with E-state index in [4.69, 9.17) is 4.74 Å². The second-order valence-corrected chi connectivity index (χ2v) is 9.75. The summed E-state index contributed by atoms with van der Waals surface area (Å²) >= 11 is 3.39. The summed E-state index contributed by atoms with van der Waals surface area (Å²) in [7, 11) is 0.661. The lowest BCUT2D eigenvalue weighted by Crippen LogP contribution is -2.20. The van der Waals surface area contributed by atoms with Crippen molar-refractivity contribution in [2.45, 2.75) is 11.8 Å². The highest BCUT2D eigenvalue weighted by Crippen LogP contribution is 2.35. The Morgan fingerprint density at radius 3 is 2.39 bits per heavy atom. The number of rotatable bonds is 6. The standard InChI is InChI=1S/C22H20BrN3O4S/c1-14-5-7-17(8-6-14)31(28,29)26-19-11-21(30-4)18(23)9-15(19)10-20(26)22(27)16(12-24)13-25(2)3/h5-11,13H,1-4H3. The van der Waals surface area contributed by atoms with Gasteiger partial charge in [0, 0.05) is 31.7 Å². The number of carbonyl (C=O) groups excluding carboxylic acids is 1. The maximum atomic E-state index is 13.6. The van der Waals surface area contributed by atoms with Crippen molar-refractivity contribution >= 4 is 42.6 Å². The molecule has 3 aromatic rings. The van der Waals surface area contributed by atoms with E-state index in [1.54, 1.807) is 43.3 Å². The fourth-order valence-corrected chi connectivity index (χ4v) is 5.13. The lowest BCUT2D eigenvalue weighted by atomic mass is 10.1. The van der Waals surface area contributed by atoms with Crippen molar-refractivity contribution in [3.63, 3.8) is 0 Å². The molecule has 0 atom stereocenters. The van der Waals surface area contributed by atoms with E-state index in [2.05, 4.69) is 15.9 Å². The maximum Gasteiger partial charge on any atom is 0.268 e. The number of Topliss-reactive ketones (excluding diaryl/α,β-unsaturated/α-hetero) is 1. The molecule has 160 valence electrons. The van der Waals surface area contributed by atoms with Crippen LogP contribution in [0.1, 0.15) is 16.1 Å². The fraction of sp³-hybridized carbons (Fsp3) is 0.182. The largest absolute Gasteiger partial charge is 0.495 e. The number of ketones is 1. The Labute approximate surface area is 189 Å². The number of fused-ring (bicyclic) bond motifs is 1. The van der Waals surface area contributed by atoms with Gasteiger partial charge in [-0.25, -0.2) is 12.4 Å². The third kappa shape index (κ3) is 4.22. The molecule has 0 bridgehead atoms. The minimum atomic E-state index is -4.15. The Balaban J connectivity index is 2.39. The molecule has 0 aliphatic heterocycles. The van der Waals surface area contributed by atoms with Crippen molar-refractivity contribution in [1.29, 1.82) is 5.26 Å². The number of hydrogen-bond acceptors (Lipinski definition) is 6. The summed E-state index contributed by atoms with van der Waals surface area (Å²) in [6.07, 6.45) is 1.36. The van der Waals surface area contributed by atoms with Gasteiger partial charge < -0.3 is 9.64 Å². The Kier molecular flexibility index (Phi) is 6.25. The zero-order valence-corrected chi connectivity index (χ0v) is 19.8. The molecule has 0 amide bonds. The molecule has 2 aromatic carbocycles. The monoisotopic (exact) mass is 501 g/mol. The molecule has 3 rings (SSSR count). The predicted molar refractivity (Wildman–Crippen MR) is 122 cm³/mol. The summed E-state index contributed by atoms with van der Waals surface area (Å²) in [5.74, 6) is -0.285. The molecule has 0 spiro atoms. The van der Waals surface area contributed by atoms with Gasteiger partial charge in [0.1, 0.15) is 23.1 Å². The van der Waals surface area contributed by atoms with Crippen LogP contribution < -0.4 is 4.74 Å². The Bertz CT molecular complexity index is 1350. The molecule has 7 nitrogen and oxygen atoms in total. The summed E-state index contributed by atoms with van der Waals surface area (Å²) in [5, 5.41) is 10.0. The van der Waals surface area contributed by atoms with Crippen molar-refractivity contribution in [2.75, 3.05) is 21.2 Å². The minimum absolute atomic E-state index is 0.0293. The van der Waals surface area contributed by atoms with Crippen LogP contribution in [0, 0.1) is 18.3 Å². The molecule has 1 heterocycles. The minimum Gasteiger partial charge on any atom is -0.495 e. The summed E-state index contributed by atoms with van der Waals surface area (Å²) in [6.45, 7) is 1.85.